The van der Waals surface area contributed by atoms with Crippen molar-refractivity contribution in [1.82, 2.24) is 9.88 Å². The second-order valence-corrected chi connectivity index (χ2v) is 4.12. The molecule has 0 saturated carbocycles. The first-order valence-corrected chi connectivity index (χ1v) is 5.65. The van der Waals surface area contributed by atoms with Crippen LogP contribution in [-0.2, 0) is 11.2 Å². The van der Waals surface area contributed by atoms with Crippen molar-refractivity contribution in [3.63, 3.8) is 0 Å². The molecule has 4 nitrogen and oxygen atoms in total. The van der Waals surface area contributed by atoms with Gasteiger partial charge in [0.15, 0.2) is 0 Å². The average molecular weight is 224 g/mol. The van der Waals surface area contributed by atoms with Crippen molar-refractivity contribution in [2.75, 3.05) is 13.1 Å². The molecule has 0 bridgehead atoms. The molecule has 0 aliphatic carbocycles. The lowest BCUT2D eigenvalue weighted by Gasteiger charge is -2.36. The third kappa shape index (κ3) is 2.44. The number of likely N-dealkylation sites (N-methyl/N-ethyl adjacent to an activating group) is 1. The molecule has 0 fully saturated rings. The van der Waals surface area contributed by atoms with E-state index in [1.54, 1.807) is 6.92 Å². The number of carboxylic acids is 1. The largest absolute Gasteiger partial charge is 0.480 e. The van der Waals surface area contributed by atoms with E-state index >= 15 is 0 Å². The van der Waals surface area contributed by atoms with E-state index in [2.05, 4.69) is 4.98 Å². The number of aliphatic carboxylic acids is 1. The summed E-state index contributed by atoms with van der Waals surface area (Å²) in [7, 11) is 0. The van der Waals surface area contributed by atoms with E-state index in [9.17, 15) is 9.90 Å². The lowest BCUT2D eigenvalue weighted by Crippen LogP contribution is -2.54. The molecular formula is C12H20N2O2. The van der Waals surface area contributed by atoms with Gasteiger partial charge >= 0.3 is 5.97 Å². The van der Waals surface area contributed by atoms with Gasteiger partial charge in [-0.25, -0.2) is 0 Å². The van der Waals surface area contributed by atoms with Gasteiger partial charge < -0.3 is 10.1 Å². The summed E-state index contributed by atoms with van der Waals surface area (Å²) in [5, 5.41) is 9.41. The molecule has 1 unspecified atom stereocenters. The summed E-state index contributed by atoms with van der Waals surface area (Å²) in [5.74, 6) is -0.772. The molecule has 1 aromatic heterocycles. The van der Waals surface area contributed by atoms with E-state index in [1.165, 1.54) is 0 Å². The van der Waals surface area contributed by atoms with Gasteiger partial charge in [0.1, 0.15) is 5.54 Å². The van der Waals surface area contributed by atoms with Crippen LogP contribution in [0.3, 0.4) is 0 Å². The molecule has 1 aromatic rings. The molecule has 16 heavy (non-hydrogen) atoms. The number of aromatic amines is 1. The number of carbonyl (C=O) groups is 1. The highest BCUT2D eigenvalue weighted by Gasteiger charge is 2.38. The molecule has 0 spiro atoms. The molecule has 0 saturated heterocycles. The van der Waals surface area contributed by atoms with Crippen molar-refractivity contribution >= 4 is 5.97 Å². The van der Waals surface area contributed by atoms with Crippen LogP contribution in [0.1, 0.15) is 26.5 Å². The van der Waals surface area contributed by atoms with Crippen molar-refractivity contribution in [1.29, 1.82) is 0 Å². The third-order valence-corrected chi connectivity index (χ3v) is 3.12. The van der Waals surface area contributed by atoms with E-state index in [0.29, 0.717) is 6.42 Å². The lowest BCUT2D eigenvalue weighted by molar-refractivity contribution is -0.150. The van der Waals surface area contributed by atoms with Crippen LogP contribution in [-0.4, -0.2) is 39.6 Å². The molecule has 0 aliphatic rings. The SMILES string of the molecule is CCN(CC)C(C)(Cc1ccc[nH]1)C(=O)O. The molecule has 1 heterocycles. The summed E-state index contributed by atoms with van der Waals surface area (Å²) >= 11 is 0. The number of aromatic nitrogens is 1. The van der Waals surface area contributed by atoms with Gasteiger partial charge in [-0.1, -0.05) is 13.8 Å². The zero-order valence-electron chi connectivity index (χ0n) is 10.2. The monoisotopic (exact) mass is 224 g/mol. The van der Waals surface area contributed by atoms with E-state index in [4.69, 9.17) is 0 Å². The van der Waals surface area contributed by atoms with E-state index in [1.807, 2.05) is 37.1 Å². The Morgan fingerprint density at radius 1 is 1.50 bits per heavy atom. The summed E-state index contributed by atoms with van der Waals surface area (Å²) in [6.07, 6.45) is 2.32. The number of nitrogens with zero attached hydrogens (tertiary/aromatic N) is 1. The van der Waals surface area contributed by atoms with Gasteiger partial charge in [0, 0.05) is 18.3 Å². The Bertz CT molecular complexity index is 331. The van der Waals surface area contributed by atoms with Crippen molar-refractivity contribution < 1.29 is 9.90 Å². The van der Waals surface area contributed by atoms with Gasteiger partial charge in [-0.15, -0.1) is 0 Å². The van der Waals surface area contributed by atoms with E-state index in [0.717, 1.165) is 18.8 Å². The van der Waals surface area contributed by atoms with Crippen LogP contribution in [0.15, 0.2) is 18.3 Å². The molecular weight excluding hydrogens is 204 g/mol. The maximum atomic E-state index is 11.5. The molecule has 90 valence electrons. The fourth-order valence-corrected chi connectivity index (χ4v) is 2.09. The zero-order valence-corrected chi connectivity index (χ0v) is 10.2. The van der Waals surface area contributed by atoms with Gasteiger partial charge in [0.25, 0.3) is 0 Å². The third-order valence-electron chi connectivity index (χ3n) is 3.12. The lowest BCUT2D eigenvalue weighted by atomic mass is 9.93. The second-order valence-electron chi connectivity index (χ2n) is 4.12. The van der Waals surface area contributed by atoms with E-state index < -0.39 is 11.5 Å². The highest BCUT2D eigenvalue weighted by molar-refractivity contribution is 5.78. The highest BCUT2D eigenvalue weighted by atomic mass is 16.4. The summed E-state index contributed by atoms with van der Waals surface area (Å²) in [6.45, 7) is 7.22. The van der Waals surface area contributed by atoms with Gasteiger partial charge in [-0.3, -0.25) is 9.69 Å². The van der Waals surface area contributed by atoms with Gasteiger partial charge in [-0.2, -0.15) is 0 Å². The van der Waals surface area contributed by atoms with Crippen LogP contribution < -0.4 is 0 Å². The average Bonchev–Trinajstić information content (AvgIpc) is 2.71. The molecule has 0 aliphatic heterocycles. The number of rotatable bonds is 6. The first-order chi connectivity index (χ1) is 7.54. The van der Waals surface area contributed by atoms with Crippen LogP contribution in [0, 0.1) is 0 Å². The smallest absolute Gasteiger partial charge is 0.324 e. The second kappa shape index (κ2) is 5.16. The van der Waals surface area contributed by atoms with Gasteiger partial charge in [0.05, 0.1) is 0 Å². The Morgan fingerprint density at radius 2 is 2.12 bits per heavy atom. The first kappa shape index (κ1) is 12.8. The summed E-state index contributed by atoms with van der Waals surface area (Å²) < 4.78 is 0. The first-order valence-electron chi connectivity index (χ1n) is 5.65. The van der Waals surface area contributed by atoms with Crippen LogP contribution in [0.4, 0.5) is 0 Å². The van der Waals surface area contributed by atoms with Crippen LogP contribution in [0.25, 0.3) is 0 Å². The maximum absolute atomic E-state index is 11.5. The van der Waals surface area contributed by atoms with Crippen LogP contribution in [0.2, 0.25) is 0 Å². The summed E-state index contributed by atoms with van der Waals surface area (Å²) in [4.78, 5) is 16.5. The quantitative estimate of drug-likeness (QED) is 0.774. The highest BCUT2D eigenvalue weighted by Crippen LogP contribution is 2.20. The number of hydrogen-bond acceptors (Lipinski definition) is 2. The molecule has 0 radical (unpaired) electrons. The van der Waals surface area contributed by atoms with Crippen molar-refractivity contribution in [2.24, 2.45) is 0 Å². The topological polar surface area (TPSA) is 56.3 Å². The molecule has 4 heteroatoms. The minimum absolute atomic E-state index is 0.497. The molecule has 1 rings (SSSR count). The maximum Gasteiger partial charge on any atom is 0.324 e. The number of hydrogen-bond donors (Lipinski definition) is 2. The predicted molar refractivity (Wildman–Crippen MR) is 63.5 cm³/mol. The number of nitrogens with one attached hydrogen (secondary N) is 1. The minimum Gasteiger partial charge on any atom is -0.480 e. The number of H-pyrrole nitrogens is 1. The summed E-state index contributed by atoms with van der Waals surface area (Å²) in [5.41, 5.74) is 0.116. The van der Waals surface area contributed by atoms with Crippen LogP contribution >= 0.6 is 0 Å². The Balaban J connectivity index is 2.92. The Morgan fingerprint density at radius 3 is 2.50 bits per heavy atom. The fraction of sp³-hybridized carbons (Fsp3) is 0.583. The molecule has 0 amide bonds. The van der Waals surface area contributed by atoms with E-state index in [-0.39, 0.29) is 0 Å². The van der Waals surface area contributed by atoms with Gasteiger partial charge in [0.2, 0.25) is 0 Å². The van der Waals surface area contributed by atoms with Crippen LogP contribution in [0.5, 0.6) is 0 Å². The summed E-state index contributed by atoms with van der Waals surface area (Å²) in [6, 6.07) is 3.81. The molecule has 2 N–H and O–H groups in total. The van der Waals surface area contributed by atoms with Crippen molar-refractivity contribution in [2.45, 2.75) is 32.7 Å². The molecule has 0 aromatic carbocycles. The Kier molecular flexibility index (Phi) is 4.12. The Hall–Kier alpha value is -1.29. The minimum atomic E-state index is -0.839. The van der Waals surface area contributed by atoms with Gasteiger partial charge in [-0.05, 0) is 32.1 Å². The zero-order chi connectivity index (χ0) is 12.2. The predicted octanol–water partition coefficient (Wildman–Crippen LogP) is 1.74. The fourth-order valence-electron chi connectivity index (χ4n) is 2.09. The molecule has 1 atom stereocenters. The van der Waals surface area contributed by atoms with Crippen molar-refractivity contribution in [3.8, 4) is 0 Å². The standard InChI is InChI=1S/C12H20N2O2/c1-4-14(5-2)12(3,11(15)16)9-10-7-6-8-13-10/h6-8,13H,4-5,9H2,1-3H3,(H,15,16). The number of carboxylic acid groups (broad SMARTS) is 1. The van der Waals surface area contributed by atoms with Crippen molar-refractivity contribution in [3.05, 3.63) is 24.0 Å². The normalized spacial score (nSPS) is 15.0. The Labute approximate surface area is 96.3 Å².